The Bertz CT molecular complexity index is 955. The van der Waals surface area contributed by atoms with Crippen molar-refractivity contribution < 1.29 is 18.4 Å². The van der Waals surface area contributed by atoms with Crippen LogP contribution in [-0.4, -0.2) is 23.0 Å². The molecule has 3 aromatic rings. The first kappa shape index (κ1) is 18.0. The Hall–Kier alpha value is -2.80. The summed E-state index contributed by atoms with van der Waals surface area (Å²) in [5.41, 5.74) is 3.27. The maximum Gasteiger partial charge on any atom is 0.387 e. The highest BCUT2D eigenvalue weighted by molar-refractivity contribution is 5.41. The molecular formula is C19H20F2N3O2+. The van der Waals surface area contributed by atoms with Crippen LogP contribution in [0.15, 0.2) is 53.5 Å². The largest absolute Gasteiger partial charge is 0.435 e. The van der Waals surface area contributed by atoms with Gasteiger partial charge in [0.25, 0.3) is 5.56 Å². The lowest BCUT2D eigenvalue weighted by atomic mass is 10.2. The molecule has 0 fully saturated rings. The first-order valence-electron chi connectivity index (χ1n) is 8.25. The molecule has 0 bridgehead atoms. The number of hydrogen-bond acceptors (Lipinski definition) is 3. The van der Waals surface area contributed by atoms with Crippen molar-refractivity contribution in [3.05, 3.63) is 75.8 Å². The van der Waals surface area contributed by atoms with Gasteiger partial charge in [-0.05, 0) is 48.9 Å². The van der Waals surface area contributed by atoms with Gasteiger partial charge in [-0.2, -0.15) is 8.78 Å². The zero-order chi connectivity index (χ0) is 18.7. The van der Waals surface area contributed by atoms with Gasteiger partial charge in [0.05, 0.1) is 7.05 Å². The van der Waals surface area contributed by atoms with Crippen LogP contribution in [0.4, 0.5) is 8.78 Å². The van der Waals surface area contributed by atoms with Crippen molar-refractivity contribution in [3.8, 4) is 5.75 Å². The summed E-state index contributed by atoms with van der Waals surface area (Å²) < 4.78 is 30.2. The van der Waals surface area contributed by atoms with E-state index in [2.05, 4.69) is 9.72 Å². The van der Waals surface area contributed by atoms with E-state index in [9.17, 15) is 13.6 Å². The van der Waals surface area contributed by atoms with E-state index in [-0.39, 0.29) is 11.3 Å². The molecule has 0 saturated carbocycles. The summed E-state index contributed by atoms with van der Waals surface area (Å²) in [4.78, 5) is 17.9. The van der Waals surface area contributed by atoms with E-state index in [0.29, 0.717) is 18.7 Å². The molecule has 1 aromatic carbocycles. The molecule has 1 N–H and O–H groups in total. The van der Waals surface area contributed by atoms with Crippen LogP contribution in [0.25, 0.3) is 5.65 Å². The Morgan fingerprint density at radius 3 is 2.58 bits per heavy atom. The van der Waals surface area contributed by atoms with Crippen LogP contribution in [0.1, 0.15) is 16.8 Å². The van der Waals surface area contributed by atoms with Gasteiger partial charge in [0.15, 0.2) is 0 Å². The number of hydrogen-bond donors (Lipinski definition) is 1. The fourth-order valence-electron chi connectivity index (χ4n) is 2.85. The Kier molecular flexibility index (Phi) is 5.27. The molecule has 26 heavy (non-hydrogen) atoms. The second-order valence-corrected chi connectivity index (χ2v) is 6.35. The molecular weight excluding hydrogens is 340 g/mol. The highest BCUT2D eigenvalue weighted by Crippen LogP contribution is 2.14. The van der Waals surface area contributed by atoms with Gasteiger partial charge < -0.3 is 9.64 Å². The lowest BCUT2D eigenvalue weighted by molar-refractivity contribution is -0.908. The van der Waals surface area contributed by atoms with Gasteiger partial charge in [0.2, 0.25) is 0 Å². The third-order valence-corrected chi connectivity index (χ3v) is 4.01. The topological polar surface area (TPSA) is 48.0 Å². The second kappa shape index (κ2) is 7.61. The molecule has 7 heteroatoms. The summed E-state index contributed by atoms with van der Waals surface area (Å²) in [5, 5.41) is 0. The van der Waals surface area contributed by atoms with Crippen LogP contribution in [0.5, 0.6) is 5.75 Å². The van der Waals surface area contributed by atoms with Crippen molar-refractivity contribution in [3.63, 3.8) is 0 Å². The van der Waals surface area contributed by atoms with Crippen molar-refractivity contribution >= 4 is 5.65 Å². The molecule has 1 atom stereocenters. The molecule has 2 aromatic heterocycles. The van der Waals surface area contributed by atoms with Gasteiger partial charge in [-0.1, -0.05) is 0 Å². The van der Waals surface area contributed by atoms with Crippen LogP contribution in [0, 0.1) is 6.92 Å². The molecule has 0 amide bonds. The number of fused-ring (bicyclic) bond motifs is 1. The minimum Gasteiger partial charge on any atom is -0.435 e. The number of aromatic nitrogens is 2. The van der Waals surface area contributed by atoms with Crippen LogP contribution >= 0.6 is 0 Å². The Morgan fingerprint density at radius 1 is 1.15 bits per heavy atom. The number of ether oxygens (including phenoxy) is 1. The zero-order valence-corrected chi connectivity index (χ0v) is 14.6. The maximum absolute atomic E-state index is 12.2. The molecule has 3 rings (SSSR count). The van der Waals surface area contributed by atoms with E-state index >= 15 is 0 Å². The minimum atomic E-state index is -2.82. The first-order chi connectivity index (χ1) is 12.4. The molecule has 0 aliphatic rings. The summed E-state index contributed by atoms with van der Waals surface area (Å²) in [7, 11) is 1.99. The molecule has 1 unspecified atom stereocenters. The number of rotatable bonds is 6. The van der Waals surface area contributed by atoms with Crippen molar-refractivity contribution in [1.29, 1.82) is 0 Å². The summed E-state index contributed by atoms with van der Waals surface area (Å²) >= 11 is 0. The number of nitrogens with zero attached hydrogens (tertiary/aromatic N) is 2. The monoisotopic (exact) mass is 360 g/mol. The predicted molar refractivity (Wildman–Crippen MR) is 93.6 cm³/mol. The lowest BCUT2D eigenvalue weighted by Gasteiger charge is -2.14. The number of nitrogens with one attached hydrogen (secondary N) is 1. The zero-order valence-electron chi connectivity index (χ0n) is 14.6. The molecule has 136 valence electrons. The Balaban J connectivity index is 1.70. The lowest BCUT2D eigenvalue weighted by Crippen LogP contribution is -3.06. The normalized spacial score (nSPS) is 12.5. The molecule has 0 aliphatic heterocycles. The number of halogens is 2. The quantitative estimate of drug-likeness (QED) is 0.730. The second-order valence-electron chi connectivity index (χ2n) is 6.35. The van der Waals surface area contributed by atoms with E-state index in [0.717, 1.165) is 21.7 Å². The molecule has 2 heterocycles. The van der Waals surface area contributed by atoms with Gasteiger partial charge in [0.1, 0.15) is 30.2 Å². The highest BCUT2D eigenvalue weighted by atomic mass is 19.3. The first-order valence-corrected chi connectivity index (χ1v) is 8.25. The van der Waals surface area contributed by atoms with Crippen LogP contribution in [-0.2, 0) is 13.1 Å². The van der Waals surface area contributed by atoms with Gasteiger partial charge in [-0.25, -0.2) is 4.98 Å². The van der Waals surface area contributed by atoms with Gasteiger partial charge in [-0.3, -0.25) is 9.20 Å². The Morgan fingerprint density at radius 2 is 1.88 bits per heavy atom. The summed E-state index contributed by atoms with van der Waals surface area (Å²) in [6, 6.07) is 11.9. The van der Waals surface area contributed by atoms with E-state index in [4.69, 9.17) is 0 Å². The average Bonchev–Trinajstić information content (AvgIpc) is 2.55. The number of alkyl halides is 2. The van der Waals surface area contributed by atoms with E-state index in [1.54, 1.807) is 24.4 Å². The van der Waals surface area contributed by atoms with Gasteiger partial charge >= 0.3 is 6.61 Å². The molecule has 0 saturated heterocycles. The molecule has 5 nitrogen and oxygen atoms in total. The molecule has 0 radical (unpaired) electrons. The summed E-state index contributed by atoms with van der Waals surface area (Å²) in [6.45, 7) is 0.382. The summed E-state index contributed by atoms with van der Waals surface area (Å²) in [6.07, 6.45) is 1.73. The smallest absolute Gasteiger partial charge is 0.387 e. The minimum absolute atomic E-state index is 0.105. The van der Waals surface area contributed by atoms with Crippen LogP contribution in [0.2, 0.25) is 0 Å². The van der Waals surface area contributed by atoms with E-state index < -0.39 is 6.61 Å². The highest BCUT2D eigenvalue weighted by Gasteiger charge is 2.10. The Labute approximate surface area is 149 Å². The standard InChI is InChI=1S/C19H19F2N3O2/c1-13-7-8-24-17(9-13)22-15(10-18(24)25)12-23(2)11-14-3-5-16(6-4-14)26-19(20)21/h3-10,19H,11-12H2,1-2H3/p+1. The van der Waals surface area contributed by atoms with Gasteiger partial charge in [-0.15, -0.1) is 0 Å². The SMILES string of the molecule is Cc1ccn2c(=O)cc(C[NH+](C)Cc3ccc(OC(F)F)cc3)nc2c1. The third-order valence-electron chi connectivity index (χ3n) is 4.01. The van der Waals surface area contributed by atoms with E-state index in [1.807, 2.05) is 26.1 Å². The van der Waals surface area contributed by atoms with E-state index in [1.165, 1.54) is 16.5 Å². The van der Waals surface area contributed by atoms with Crippen molar-refractivity contribution in [2.24, 2.45) is 0 Å². The van der Waals surface area contributed by atoms with Crippen molar-refractivity contribution in [1.82, 2.24) is 9.38 Å². The predicted octanol–water partition coefficient (Wildman–Crippen LogP) is 1.82. The number of quaternary nitrogens is 1. The fourth-order valence-corrected chi connectivity index (χ4v) is 2.85. The van der Waals surface area contributed by atoms with Crippen molar-refractivity contribution in [2.45, 2.75) is 26.6 Å². The average molecular weight is 360 g/mol. The summed E-state index contributed by atoms with van der Waals surface area (Å²) in [5.74, 6) is 0.140. The number of aryl methyl sites for hydroxylation is 1. The third kappa shape index (κ3) is 4.43. The molecule has 0 spiro atoms. The number of pyridine rings is 1. The van der Waals surface area contributed by atoms with Crippen LogP contribution in [0.3, 0.4) is 0 Å². The fraction of sp³-hybridized carbons (Fsp3) is 0.263. The molecule has 0 aliphatic carbocycles. The maximum atomic E-state index is 12.2. The van der Waals surface area contributed by atoms with Gasteiger partial charge in [0, 0.05) is 17.8 Å². The van der Waals surface area contributed by atoms with Crippen molar-refractivity contribution in [2.75, 3.05) is 7.05 Å². The number of benzene rings is 1. The van der Waals surface area contributed by atoms with Crippen LogP contribution < -0.4 is 15.2 Å².